The molecule has 0 unspecified atom stereocenters. The normalized spacial score (nSPS) is 11.8. The number of nitrogens with one attached hydrogen (secondary N) is 2. The Balaban J connectivity index is 2.49. The van der Waals surface area contributed by atoms with E-state index < -0.39 is 6.04 Å². The van der Waals surface area contributed by atoms with Gasteiger partial charge in [-0.3, -0.25) is 4.79 Å². The molecule has 2 N–H and O–H groups in total. The second-order valence-corrected chi connectivity index (χ2v) is 3.53. The SMILES string of the molecule is CNCC(=O)N[C@H](C=O)Cc1ccccc1. The van der Waals surface area contributed by atoms with Crippen LogP contribution in [-0.4, -0.2) is 31.8 Å². The topological polar surface area (TPSA) is 58.2 Å². The predicted octanol–water partition coefficient (Wildman–Crippen LogP) is 0.132. The minimum absolute atomic E-state index is 0.171. The maximum absolute atomic E-state index is 11.3. The van der Waals surface area contributed by atoms with Crippen LogP contribution in [0.4, 0.5) is 0 Å². The van der Waals surface area contributed by atoms with E-state index in [1.165, 1.54) is 0 Å². The van der Waals surface area contributed by atoms with Crippen molar-refractivity contribution in [1.29, 1.82) is 0 Å². The summed E-state index contributed by atoms with van der Waals surface area (Å²) < 4.78 is 0. The van der Waals surface area contributed by atoms with Gasteiger partial charge in [-0.1, -0.05) is 30.3 Å². The summed E-state index contributed by atoms with van der Waals surface area (Å²) >= 11 is 0. The van der Waals surface area contributed by atoms with Crippen molar-refractivity contribution < 1.29 is 9.59 Å². The third-order valence-electron chi connectivity index (χ3n) is 2.15. The molecule has 1 aromatic rings. The zero-order valence-electron chi connectivity index (χ0n) is 9.27. The molecule has 0 aliphatic heterocycles. The van der Waals surface area contributed by atoms with Gasteiger partial charge in [0.05, 0.1) is 12.6 Å². The fraction of sp³-hybridized carbons (Fsp3) is 0.333. The van der Waals surface area contributed by atoms with Crippen molar-refractivity contribution in [3.8, 4) is 0 Å². The molecule has 0 aliphatic rings. The van der Waals surface area contributed by atoms with E-state index in [1.807, 2.05) is 30.3 Å². The van der Waals surface area contributed by atoms with Crippen molar-refractivity contribution in [3.63, 3.8) is 0 Å². The molecule has 0 aliphatic carbocycles. The van der Waals surface area contributed by atoms with Gasteiger partial charge in [-0.05, 0) is 19.0 Å². The van der Waals surface area contributed by atoms with E-state index in [-0.39, 0.29) is 12.5 Å². The molecule has 4 nitrogen and oxygen atoms in total. The molecule has 1 rings (SSSR count). The third kappa shape index (κ3) is 4.23. The van der Waals surface area contributed by atoms with Gasteiger partial charge >= 0.3 is 0 Å². The summed E-state index contributed by atoms with van der Waals surface area (Å²) in [6.07, 6.45) is 1.29. The Morgan fingerprint density at radius 2 is 2.06 bits per heavy atom. The molecule has 0 bridgehead atoms. The Labute approximate surface area is 95.0 Å². The maximum atomic E-state index is 11.3. The molecular formula is C12H16N2O2. The third-order valence-corrected chi connectivity index (χ3v) is 2.15. The lowest BCUT2D eigenvalue weighted by Crippen LogP contribution is -2.41. The lowest BCUT2D eigenvalue weighted by molar-refractivity contribution is -0.123. The first kappa shape index (κ1) is 12.4. The number of benzene rings is 1. The molecule has 1 aromatic carbocycles. The first-order valence-electron chi connectivity index (χ1n) is 5.19. The van der Waals surface area contributed by atoms with Crippen LogP contribution in [0, 0.1) is 0 Å². The van der Waals surface area contributed by atoms with Gasteiger partial charge in [-0.15, -0.1) is 0 Å². The Morgan fingerprint density at radius 3 is 2.62 bits per heavy atom. The summed E-state index contributed by atoms with van der Waals surface area (Å²) in [4.78, 5) is 22.1. The summed E-state index contributed by atoms with van der Waals surface area (Å²) in [5.41, 5.74) is 1.03. The largest absolute Gasteiger partial charge is 0.345 e. The standard InChI is InChI=1S/C12H16N2O2/c1-13-8-12(16)14-11(9-15)7-10-5-3-2-4-6-10/h2-6,9,11,13H,7-8H2,1H3,(H,14,16)/t11-/m0/s1. The molecule has 4 heteroatoms. The molecule has 16 heavy (non-hydrogen) atoms. The lowest BCUT2D eigenvalue weighted by atomic mass is 10.1. The van der Waals surface area contributed by atoms with E-state index >= 15 is 0 Å². The highest BCUT2D eigenvalue weighted by Gasteiger charge is 2.10. The highest BCUT2D eigenvalue weighted by atomic mass is 16.2. The molecule has 1 amide bonds. The number of rotatable bonds is 6. The fourth-order valence-electron chi connectivity index (χ4n) is 1.42. The van der Waals surface area contributed by atoms with E-state index in [0.29, 0.717) is 6.42 Å². The van der Waals surface area contributed by atoms with Gasteiger partial charge < -0.3 is 15.4 Å². The average molecular weight is 220 g/mol. The van der Waals surface area contributed by atoms with E-state index in [1.54, 1.807) is 7.05 Å². The van der Waals surface area contributed by atoms with Gasteiger partial charge in [0.15, 0.2) is 0 Å². The monoisotopic (exact) mass is 220 g/mol. The van der Waals surface area contributed by atoms with E-state index in [9.17, 15) is 9.59 Å². The Bertz CT molecular complexity index is 338. The molecular weight excluding hydrogens is 204 g/mol. The molecule has 0 fully saturated rings. The van der Waals surface area contributed by atoms with Crippen molar-refractivity contribution in [1.82, 2.24) is 10.6 Å². The van der Waals surface area contributed by atoms with Crippen molar-refractivity contribution in [3.05, 3.63) is 35.9 Å². The maximum Gasteiger partial charge on any atom is 0.234 e. The van der Waals surface area contributed by atoms with Gasteiger partial charge in [-0.25, -0.2) is 0 Å². The molecule has 0 saturated carbocycles. The molecule has 1 atom stereocenters. The Hall–Kier alpha value is -1.68. The minimum atomic E-state index is -0.455. The van der Waals surface area contributed by atoms with Crippen LogP contribution in [0.25, 0.3) is 0 Å². The summed E-state index contributed by atoms with van der Waals surface area (Å²) in [6, 6.07) is 9.14. The van der Waals surface area contributed by atoms with Crippen LogP contribution >= 0.6 is 0 Å². The van der Waals surface area contributed by atoms with Crippen LogP contribution < -0.4 is 10.6 Å². The van der Waals surface area contributed by atoms with Crippen LogP contribution in [0.15, 0.2) is 30.3 Å². The predicted molar refractivity (Wildman–Crippen MR) is 62.1 cm³/mol. The van der Waals surface area contributed by atoms with Gasteiger partial charge in [-0.2, -0.15) is 0 Å². The highest BCUT2D eigenvalue weighted by molar-refractivity contribution is 5.81. The van der Waals surface area contributed by atoms with E-state index in [0.717, 1.165) is 11.8 Å². The molecule has 0 aromatic heterocycles. The van der Waals surface area contributed by atoms with Gasteiger partial charge in [0.2, 0.25) is 5.91 Å². The molecule has 86 valence electrons. The first-order valence-corrected chi connectivity index (χ1v) is 5.19. The smallest absolute Gasteiger partial charge is 0.234 e. The van der Waals surface area contributed by atoms with E-state index in [4.69, 9.17) is 0 Å². The average Bonchev–Trinajstić information content (AvgIpc) is 2.30. The number of hydrogen-bond donors (Lipinski definition) is 2. The van der Waals surface area contributed by atoms with Crippen LogP contribution in [0.3, 0.4) is 0 Å². The first-order chi connectivity index (χ1) is 7.76. The Morgan fingerprint density at radius 1 is 1.38 bits per heavy atom. The van der Waals surface area contributed by atoms with Crippen molar-refractivity contribution in [2.45, 2.75) is 12.5 Å². The number of aldehydes is 1. The van der Waals surface area contributed by atoms with Crippen LogP contribution in [-0.2, 0) is 16.0 Å². The van der Waals surface area contributed by atoms with E-state index in [2.05, 4.69) is 10.6 Å². The molecule has 0 heterocycles. The summed E-state index contributed by atoms with van der Waals surface area (Å²) in [5, 5.41) is 5.38. The quantitative estimate of drug-likeness (QED) is 0.670. The highest BCUT2D eigenvalue weighted by Crippen LogP contribution is 2.01. The number of likely N-dealkylation sites (N-methyl/N-ethyl adjacent to an activating group) is 1. The zero-order valence-corrected chi connectivity index (χ0v) is 9.27. The van der Waals surface area contributed by atoms with Gasteiger partial charge in [0.25, 0.3) is 0 Å². The van der Waals surface area contributed by atoms with Crippen LogP contribution in [0.5, 0.6) is 0 Å². The summed E-state index contributed by atoms with van der Waals surface area (Å²) in [7, 11) is 1.69. The van der Waals surface area contributed by atoms with Crippen molar-refractivity contribution in [2.75, 3.05) is 13.6 Å². The minimum Gasteiger partial charge on any atom is -0.345 e. The second kappa shape index (κ2) is 6.74. The zero-order chi connectivity index (χ0) is 11.8. The number of amides is 1. The summed E-state index contributed by atoms with van der Waals surface area (Å²) in [5.74, 6) is -0.171. The van der Waals surface area contributed by atoms with Crippen molar-refractivity contribution >= 4 is 12.2 Å². The molecule has 0 saturated heterocycles. The molecule has 0 spiro atoms. The second-order valence-electron chi connectivity index (χ2n) is 3.53. The van der Waals surface area contributed by atoms with Crippen LogP contribution in [0.1, 0.15) is 5.56 Å². The number of carbonyl (C=O) groups excluding carboxylic acids is 2. The lowest BCUT2D eigenvalue weighted by Gasteiger charge is -2.12. The fourth-order valence-corrected chi connectivity index (χ4v) is 1.42. The summed E-state index contributed by atoms with van der Waals surface area (Å²) in [6.45, 7) is 0.221. The number of carbonyl (C=O) groups is 2. The molecule has 0 radical (unpaired) electrons. The number of hydrogen-bond acceptors (Lipinski definition) is 3. The van der Waals surface area contributed by atoms with Crippen molar-refractivity contribution in [2.24, 2.45) is 0 Å². The van der Waals surface area contributed by atoms with Crippen LogP contribution in [0.2, 0.25) is 0 Å². The Kier molecular flexibility index (Phi) is 5.22. The van der Waals surface area contributed by atoms with Gasteiger partial charge in [0.1, 0.15) is 6.29 Å². The van der Waals surface area contributed by atoms with Gasteiger partial charge in [0, 0.05) is 0 Å².